The molecule has 0 amide bonds. The summed E-state index contributed by atoms with van der Waals surface area (Å²) in [6.45, 7) is 6.55. The number of ether oxygens (including phenoxy) is 3. The Labute approximate surface area is 446 Å². The minimum atomic E-state index is -0.783. The average Bonchev–Trinajstić information content (AvgIpc) is 3.38. The van der Waals surface area contributed by atoms with Gasteiger partial charge < -0.3 is 14.2 Å². The van der Waals surface area contributed by atoms with Gasteiger partial charge in [-0.1, -0.05) is 293 Å². The number of hydrogen-bond donors (Lipinski definition) is 0. The molecule has 0 fully saturated rings. The van der Waals surface area contributed by atoms with E-state index in [0.717, 1.165) is 109 Å². The van der Waals surface area contributed by atoms with E-state index in [0.29, 0.717) is 19.3 Å². The Balaban J connectivity index is 4.38. The van der Waals surface area contributed by atoms with E-state index in [1.54, 1.807) is 0 Å². The molecule has 0 bridgehead atoms. The Morgan fingerprint density at radius 1 is 0.292 bits per heavy atom. The molecule has 0 aromatic carbocycles. The smallest absolute Gasteiger partial charge is 0.306 e. The van der Waals surface area contributed by atoms with Gasteiger partial charge in [0.15, 0.2) is 6.10 Å². The third kappa shape index (κ3) is 57.7. The van der Waals surface area contributed by atoms with Crippen LogP contribution >= 0.6 is 0 Å². The molecule has 416 valence electrons. The topological polar surface area (TPSA) is 78.9 Å². The fraction of sp³-hybridized carbons (Fsp3) is 0.773. The molecular formula is C66H116O6. The summed E-state index contributed by atoms with van der Waals surface area (Å²) in [6, 6.07) is 0. The summed E-state index contributed by atoms with van der Waals surface area (Å²) in [7, 11) is 0. The van der Waals surface area contributed by atoms with Crippen molar-refractivity contribution in [2.24, 2.45) is 0 Å². The van der Waals surface area contributed by atoms with Crippen LogP contribution < -0.4 is 0 Å². The third-order valence-corrected chi connectivity index (χ3v) is 13.5. The molecule has 0 spiro atoms. The van der Waals surface area contributed by atoms with Crippen molar-refractivity contribution >= 4 is 17.9 Å². The number of hydrogen-bond acceptors (Lipinski definition) is 6. The van der Waals surface area contributed by atoms with Crippen molar-refractivity contribution in [3.8, 4) is 0 Å². The summed E-state index contributed by atoms with van der Waals surface area (Å²) in [5.74, 6) is -0.889. The summed E-state index contributed by atoms with van der Waals surface area (Å²) in [6.07, 6.45) is 77.5. The molecule has 6 heteroatoms. The van der Waals surface area contributed by atoms with E-state index < -0.39 is 6.10 Å². The highest BCUT2D eigenvalue weighted by molar-refractivity contribution is 5.71. The van der Waals surface area contributed by atoms with Gasteiger partial charge >= 0.3 is 17.9 Å². The first-order valence-electron chi connectivity index (χ1n) is 30.9. The van der Waals surface area contributed by atoms with E-state index in [4.69, 9.17) is 14.2 Å². The van der Waals surface area contributed by atoms with E-state index in [1.807, 2.05) is 0 Å². The van der Waals surface area contributed by atoms with E-state index in [9.17, 15) is 14.4 Å². The van der Waals surface area contributed by atoms with Gasteiger partial charge in [-0.05, 0) is 70.6 Å². The molecule has 0 aliphatic carbocycles. The molecule has 72 heavy (non-hydrogen) atoms. The maximum absolute atomic E-state index is 12.9. The van der Waals surface area contributed by atoms with Crippen molar-refractivity contribution in [1.29, 1.82) is 0 Å². The first kappa shape index (κ1) is 68.8. The highest BCUT2D eigenvalue weighted by atomic mass is 16.6. The summed E-state index contributed by atoms with van der Waals surface area (Å²) < 4.78 is 16.9. The number of unbranched alkanes of at least 4 members (excludes halogenated alkanes) is 33. The van der Waals surface area contributed by atoms with Crippen LogP contribution in [0.15, 0.2) is 72.9 Å². The van der Waals surface area contributed by atoms with Crippen molar-refractivity contribution in [3.05, 3.63) is 72.9 Å². The summed E-state index contributed by atoms with van der Waals surface area (Å²) >= 11 is 0. The summed E-state index contributed by atoms with van der Waals surface area (Å²) in [4.78, 5) is 38.3. The normalized spacial score (nSPS) is 12.5. The number of rotatable bonds is 56. The van der Waals surface area contributed by atoms with Crippen LogP contribution in [0, 0.1) is 0 Å². The first-order chi connectivity index (χ1) is 35.5. The number of allylic oxidation sites excluding steroid dienone is 12. The van der Waals surface area contributed by atoms with Gasteiger partial charge in [0.05, 0.1) is 0 Å². The molecule has 1 atom stereocenters. The molecule has 0 saturated carbocycles. The van der Waals surface area contributed by atoms with Crippen LogP contribution in [0.2, 0.25) is 0 Å². The van der Waals surface area contributed by atoms with Crippen molar-refractivity contribution in [1.82, 2.24) is 0 Å². The molecule has 0 aliphatic rings. The minimum absolute atomic E-state index is 0.0793. The highest BCUT2D eigenvalue weighted by Crippen LogP contribution is 2.17. The Kier molecular flexibility index (Phi) is 57.8. The number of carbonyl (C=O) groups excluding carboxylic acids is 3. The predicted molar refractivity (Wildman–Crippen MR) is 311 cm³/mol. The van der Waals surface area contributed by atoms with Crippen molar-refractivity contribution in [3.63, 3.8) is 0 Å². The van der Waals surface area contributed by atoms with Gasteiger partial charge in [0.25, 0.3) is 0 Å². The van der Waals surface area contributed by atoms with Crippen LogP contribution in [0.4, 0.5) is 0 Å². The molecule has 0 rings (SSSR count). The quantitative estimate of drug-likeness (QED) is 0.0261. The molecule has 1 unspecified atom stereocenters. The zero-order chi connectivity index (χ0) is 52.2. The van der Waals surface area contributed by atoms with Gasteiger partial charge in [0, 0.05) is 19.3 Å². The standard InChI is InChI=1S/C66H116O6/c1-4-7-10-13-16-19-22-25-28-30-31-32-33-34-35-37-38-41-44-47-50-53-56-59-65(68)71-62-63(61-70-64(67)58-55-52-49-46-43-40-27-24-21-18-15-12-9-6-3)72-66(69)60-57-54-51-48-45-42-39-36-29-26-23-20-17-14-11-8-5-2/h7,10,16,19,25,28,31-32,34-35,38,41,63H,4-6,8-9,11-15,17-18,20-24,26-27,29-30,33,36-37,39-40,42-62H2,1-3H3/b10-7-,19-16-,28-25-,32-31-,35-34-,41-38-. The number of carbonyl (C=O) groups is 3. The average molecular weight is 1010 g/mol. The molecule has 0 saturated heterocycles. The monoisotopic (exact) mass is 1000 g/mol. The molecule has 0 aliphatic heterocycles. The maximum atomic E-state index is 12.9. The third-order valence-electron chi connectivity index (χ3n) is 13.5. The van der Waals surface area contributed by atoms with Crippen LogP contribution in [0.1, 0.15) is 310 Å². The van der Waals surface area contributed by atoms with Crippen LogP contribution in [0.5, 0.6) is 0 Å². The molecular weight excluding hydrogens is 889 g/mol. The van der Waals surface area contributed by atoms with E-state index >= 15 is 0 Å². The fourth-order valence-electron chi connectivity index (χ4n) is 8.86. The van der Waals surface area contributed by atoms with Crippen LogP contribution in [-0.2, 0) is 28.6 Å². The van der Waals surface area contributed by atoms with Gasteiger partial charge in [-0.25, -0.2) is 0 Å². The lowest BCUT2D eigenvalue weighted by atomic mass is 10.0. The van der Waals surface area contributed by atoms with Crippen LogP contribution in [-0.4, -0.2) is 37.2 Å². The number of esters is 3. The lowest BCUT2D eigenvalue weighted by molar-refractivity contribution is -0.167. The molecule has 0 radical (unpaired) electrons. The van der Waals surface area contributed by atoms with Gasteiger partial charge in [-0.3, -0.25) is 14.4 Å². The van der Waals surface area contributed by atoms with Crippen LogP contribution in [0.25, 0.3) is 0 Å². The van der Waals surface area contributed by atoms with Crippen LogP contribution in [0.3, 0.4) is 0 Å². The Bertz CT molecular complexity index is 1340. The zero-order valence-corrected chi connectivity index (χ0v) is 47.7. The lowest BCUT2D eigenvalue weighted by Gasteiger charge is -2.18. The van der Waals surface area contributed by atoms with E-state index in [2.05, 4.69) is 93.7 Å². The first-order valence-corrected chi connectivity index (χ1v) is 30.9. The van der Waals surface area contributed by atoms with Gasteiger partial charge in [-0.15, -0.1) is 0 Å². The Hall–Kier alpha value is -3.15. The minimum Gasteiger partial charge on any atom is -0.462 e. The van der Waals surface area contributed by atoms with E-state index in [1.165, 1.54) is 161 Å². The molecule has 0 aromatic heterocycles. The van der Waals surface area contributed by atoms with Crippen molar-refractivity contribution < 1.29 is 28.6 Å². The Morgan fingerprint density at radius 3 is 0.847 bits per heavy atom. The van der Waals surface area contributed by atoms with Crippen molar-refractivity contribution in [2.75, 3.05) is 13.2 Å². The molecule has 0 N–H and O–H groups in total. The Morgan fingerprint density at radius 2 is 0.542 bits per heavy atom. The molecule has 0 aromatic rings. The SMILES string of the molecule is CC/C=C\C/C=C\C/C=C\C/C=C\C/C=C\C/C=C\CCCCCCC(=O)OCC(COC(=O)CCCCCCCCCCCCCCCC)OC(=O)CCCCCCCCCCCCCCCCCCC. The second-order valence-corrected chi connectivity index (χ2v) is 20.6. The fourth-order valence-corrected chi connectivity index (χ4v) is 8.86. The van der Waals surface area contributed by atoms with Gasteiger partial charge in [0.1, 0.15) is 13.2 Å². The molecule has 0 heterocycles. The summed E-state index contributed by atoms with van der Waals surface area (Å²) in [5.41, 5.74) is 0. The lowest BCUT2D eigenvalue weighted by Crippen LogP contribution is -2.30. The highest BCUT2D eigenvalue weighted by Gasteiger charge is 2.19. The maximum Gasteiger partial charge on any atom is 0.306 e. The largest absolute Gasteiger partial charge is 0.462 e. The van der Waals surface area contributed by atoms with Gasteiger partial charge in [0.2, 0.25) is 0 Å². The van der Waals surface area contributed by atoms with Crippen molar-refractivity contribution in [2.45, 2.75) is 316 Å². The second-order valence-electron chi connectivity index (χ2n) is 20.6. The van der Waals surface area contributed by atoms with Gasteiger partial charge in [-0.2, -0.15) is 0 Å². The second kappa shape index (κ2) is 60.4. The van der Waals surface area contributed by atoms with E-state index in [-0.39, 0.29) is 31.1 Å². The summed E-state index contributed by atoms with van der Waals surface area (Å²) in [5, 5.41) is 0. The molecule has 6 nitrogen and oxygen atoms in total. The zero-order valence-electron chi connectivity index (χ0n) is 47.7. The predicted octanol–water partition coefficient (Wildman–Crippen LogP) is 20.9.